The summed E-state index contributed by atoms with van der Waals surface area (Å²) in [6, 6.07) is 8.51. The Labute approximate surface area is 179 Å². The number of thiazole rings is 1. The van der Waals surface area contributed by atoms with E-state index < -0.39 is 0 Å². The van der Waals surface area contributed by atoms with Crippen LogP contribution in [0.2, 0.25) is 0 Å². The van der Waals surface area contributed by atoms with Crippen molar-refractivity contribution >= 4 is 21.6 Å². The molecule has 3 aliphatic heterocycles. The molecule has 1 aromatic heterocycles. The van der Waals surface area contributed by atoms with Crippen LogP contribution < -0.4 is 16.3 Å². The van der Waals surface area contributed by atoms with E-state index in [1.54, 1.807) is 0 Å². The first-order valence-corrected chi connectivity index (χ1v) is 11.5. The van der Waals surface area contributed by atoms with E-state index in [1.807, 2.05) is 11.3 Å². The van der Waals surface area contributed by atoms with Gasteiger partial charge in [-0.25, -0.2) is 10.5 Å². The van der Waals surface area contributed by atoms with E-state index >= 15 is 0 Å². The van der Waals surface area contributed by atoms with Crippen LogP contribution in [0.4, 0.5) is 0 Å². The molecule has 1 saturated carbocycles. The third-order valence-corrected chi connectivity index (χ3v) is 7.33. The maximum atomic E-state index is 4.81. The Morgan fingerprint density at radius 1 is 1.10 bits per heavy atom. The van der Waals surface area contributed by atoms with Crippen molar-refractivity contribution in [3.05, 3.63) is 52.8 Å². The summed E-state index contributed by atoms with van der Waals surface area (Å²) in [5, 5.41) is 13.0. The average molecular weight is 423 g/mol. The Hall–Kier alpha value is -2.49. The number of hydrazine groups is 1. The fourth-order valence-corrected chi connectivity index (χ4v) is 5.48. The molecule has 3 N–H and O–H groups in total. The summed E-state index contributed by atoms with van der Waals surface area (Å²) in [5.74, 6) is 0.727. The summed E-state index contributed by atoms with van der Waals surface area (Å²) in [7, 11) is 0. The maximum Gasteiger partial charge on any atom is 0.166 e. The van der Waals surface area contributed by atoms with Gasteiger partial charge in [-0.1, -0.05) is 17.4 Å². The number of piperazine rings is 1. The number of allylic oxidation sites excluding steroid dienone is 2. The van der Waals surface area contributed by atoms with Crippen LogP contribution >= 0.6 is 11.3 Å². The van der Waals surface area contributed by atoms with Crippen LogP contribution in [0.5, 0.6) is 0 Å². The monoisotopic (exact) mass is 422 g/mol. The zero-order valence-electron chi connectivity index (χ0n) is 16.8. The fourth-order valence-electron chi connectivity index (χ4n) is 4.47. The van der Waals surface area contributed by atoms with Crippen LogP contribution in [0.15, 0.2) is 58.1 Å². The molecule has 8 nitrogen and oxygen atoms in total. The largest absolute Gasteiger partial charge is 0.379 e. The Balaban J connectivity index is 1.14. The highest BCUT2D eigenvalue weighted by Gasteiger charge is 2.35. The normalized spacial score (nSPS) is 27.0. The molecule has 0 bridgehead atoms. The van der Waals surface area contributed by atoms with E-state index in [4.69, 9.17) is 4.98 Å². The van der Waals surface area contributed by atoms with Crippen LogP contribution in [-0.4, -0.2) is 53.2 Å². The van der Waals surface area contributed by atoms with Gasteiger partial charge in [0.1, 0.15) is 11.0 Å². The third kappa shape index (κ3) is 3.57. The van der Waals surface area contributed by atoms with E-state index in [2.05, 4.69) is 73.0 Å². The van der Waals surface area contributed by atoms with Gasteiger partial charge in [-0.15, -0.1) is 16.5 Å². The van der Waals surface area contributed by atoms with Gasteiger partial charge in [0.05, 0.1) is 16.8 Å². The van der Waals surface area contributed by atoms with Gasteiger partial charge in [-0.3, -0.25) is 4.90 Å². The molecule has 1 aromatic carbocycles. The van der Waals surface area contributed by atoms with E-state index in [0.717, 1.165) is 44.2 Å². The van der Waals surface area contributed by atoms with Gasteiger partial charge in [0, 0.05) is 38.1 Å². The van der Waals surface area contributed by atoms with E-state index in [1.165, 1.54) is 33.8 Å². The topological polar surface area (TPSA) is 80.2 Å². The zero-order chi connectivity index (χ0) is 19.9. The molecule has 0 radical (unpaired) electrons. The lowest BCUT2D eigenvalue weighted by molar-refractivity contribution is 0.142. The second-order valence-electron chi connectivity index (χ2n) is 8.39. The second kappa shape index (κ2) is 7.64. The third-order valence-electron chi connectivity index (χ3n) is 6.31. The Bertz CT molecular complexity index is 982. The van der Waals surface area contributed by atoms with Crippen molar-refractivity contribution in [3.63, 3.8) is 0 Å². The number of rotatable bonds is 5. The molecule has 1 aliphatic carbocycles. The molecule has 2 aromatic rings. The highest BCUT2D eigenvalue weighted by molar-refractivity contribution is 7.18. The molecule has 0 amide bonds. The highest BCUT2D eigenvalue weighted by atomic mass is 32.1. The Morgan fingerprint density at radius 2 is 1.97 bits per heavy atom. The SMILES string of the molecule is C1=C(C2CC2)C=C(N2CCN(Cc3nc4ccccc4s3)CC2)C(C2N=NNN2)N1. The van der Waals surface area contributed by atoms with Gasteiger partial charge in [-0.2, -0.15) is 5.43 Å². The molecular weight excluding hydrogens is 396 g/mol. The van der Waals surface area contributed by atoms with Gasteiger partial charge in [-0.05, 0) is 42.5 Å². The Kier molecular flexibility index (Phi) is 4.66. The van der Waals surface area contributed by atoms with Crippen molar-refractivity contribution in [2.24, 2.45) is 16.3 Å². The number of nitrogens with zero attached hydrogens (tertiary/aromatic N) is 5. The minimum Gasteiger partial charge on any atom is -0.379 e. The van der Waals surface area contributed by atoms with Crippen molar-refractivity contribution in [1.29, 1.82) is 0 Å². The number of hydrogen-bond acceptors (Lipinski definition) is 9. The molecule has 4 aliphatic rings. The maximum absolute atomic E-state index is 4.81. The quantitative estimate of drug-likeness (QED) is 0.687. The number of hydrogen-bond donors (Lipinski definition) is 3. The van der Waals surface area contributed by atoms with Crippen molar-refractivity contribution in [1.82, 2.24) is 31.1 Å². The van der Waals surface area contributed by atoms with E-state index in [0.29, 0.717) is 0 Å². The van der Waals surface area contributed by atoms with Crippen LogP contribution in [0.3, 0.4) is 0 Å². The second-order valence-corrected chi connectivity index (χ2v) is 9.50. The van der Waals surface area contributed by atoms with Gasteiger partial charge in [0.2, 0.25) is 0 Å². The summed E-state index contributed by atoms with van der Waals surface area (Å²) in [4.78, 5) is 9.86. The van der Waals surface area contributed by atoms with E-state index in [9.17, 15) is 0 Å². The molecule has 9 heteroatoms. The number of dihydropyridines is 1. The van der Waals surface area contributed by atoms with Crippen LogP contribution in [0, 0.1) is 5.92 Å². The van der Waals surface area contributed by atoms with Gasteiger partial charge < -0.3 is 10.2 Å². The first-order valence-electron chi connectivity index (χ1n) is 10.7. The molecule has 2 fully saturated rings. The van der Waals surface area contributed by atoms with Crippen LogP contribution in [-0.2, 0) is 6.54 Å². The van der Waals surface area contributed by atoms with Gasteiger partial charge in [0.25, 0.3) is 0 Å². The smallest absolute Gasteiger partial charge is 0.166 e. The van der Waals surface area contributed by atoms with Gasteiger partial charge in [0.15, 0.2) is 6.17 Å². The number of fused-ring (bicyclic) bond motifs is 1. The molecule has 2 atom stereocenters. The molecule has 6 rings (SSSR count). The van der Waals surface area contributed by atoms with Crippen molar-refractivity contribution < 1.29 is 0 Å². The predicted molar refractivity (Wildman–Crippen MR) is 117 cm³/mol. The minimum atomic E-state index is -0.0889. The lowest BCUT2D eigenvalue weighted by Crippen LogP contribution is -2.54. The van der Waals surface area contributed by atoms with Crippen LogP contribution in [0.25, 0.3) is 10.2 Å². The first kappa shape index (κ1) is 18.3. The average Bonchev–Trinajstić information content (AvgIpc) is 3.33. The van der Waals surface area contributed by atoms with E-state index in [-0.39, 0.29) is 12.2 Å². The summed E-state index contributed by atoms with van der Waals surface area (Å²) >= 11 is 1.81. The fraction of sp³-hybridized carbons (Fsp3) is 0.476. The van der Waals surface area contributed by atoms with Crippen LogP contribution in [0.1, 0.15) is 17.8 Å². The summed E-state index contributed by atoms with van der Waals surface area (Å²) in [6.07, 6.45) is 7.11. The number of aromatic nitrogens is 1. The predicted octanol–water partition coefficient (Wildman–Crippen LogP) is 2.36. The highest BCUT2D eigenvalue weighted by Crippen LogP contribution is 2.39. The molecule has 2 unspecified atom stereocenters. The summed E-state index contributed by atoms with van der Waals surface area (Å²) in [5.41, 5.74) is 9.80. The lowest BCUT2D eigenvalue weighted by Gasteiger charge is -2.41. The number of para-hydroxylation sites is 1. The van der Waals surface area contributed by atoms with Crippen molar-refractivity contribution in [2.45, 2.75) is 31.6 Å². The van der Waals surface area contributed by atoms with Gasteiger partial charge >= 0.3 is 0 Å². The molecule has 30 heavy (non-hydrogen) atoms. The lowest BCUT2D eigenvalue weighted by atomic mass is 10.0. The Morgan fingerprint density at radius 3 is 2.73 bits per heavy atom. The standard InChI is InChI=1S/C21H26N8S/c1-2-4-18-16(3-1)23-19(30-18)13-28-7-9-29(10-8-28)17-11-15(14-5-6-14)12-22-20(17)21-24-26-27-25-21/h1-4,11-12,14,20-22H,5-10,13H2,(H,24,27)(H,25,26). The molecular formula is C21H26N8S. The molecule has 1 saturated heterocycles. The first-order chi connectivity index (χ1) is 14.8. The number of benzene rings is 1. The summed E-state index contributed by atoms with van der Waals surface area (Å²) < 4.78 is 1.28. The minimum absolute atomic E-state index is 0.0889. The molecule has 156 valence electrons. The van der Waals surface area contributed by atoms with Crippen molar-refractivity contribution in [2.75, 3.05) is 26.2 Å². The van der Waals surface area contributed by atoms with Crippen molar-refractivity contribution in [3.8, 4) is 0 Å². The summed E-state index contributed by atoms with van der Waals surface area (Å²) in [6.45, 7) is 5.05. The zero-order valence-corrected chi connectivity index (χ0v) is 17.6. The molecule has 4 heterocycles. The number of nitrogens with one attached hydrogen (secondary N) is 3. The molecule has 0 spiro atoms.